The van der Waals surface area contributed by atoms with E-state index in [0.29, 0.717) is 23.2 Å². The lowest BCUT2D eigenvalue weighted by atomic mass is 9.94. The summed E-state index contributed by atoms with van der Waals surface area (Å²) in [6, 6.07) is 8.34. The number of allylic oxidation sites excluding steroid dienone is 4. The molecule has 1 aromatic carbocycles. The molecule has 0 aromatic heterocycles. The van der Waals surface area contributed by atoms with Crippen molar-refractivity contribution < 1.29 is 14.7 Å². The summed E-state index contributed by atoms with van der Waals surface area (Å²) in [6.45, 7) is 14.8. The highest BCUT2D eigenvalue weighted by Gasteiger charge is 2.13. The normalized spacial score (nSPS) is 14.6. The summed E-state index contributed by atoms with van der Waals surface area (Å²) in [7, 11) is 0. The molecule has 0 amide bonds. The van der Waals surface area contributed by atoms with Gasteiger partial charge in [0.2, 0.25) is 0 Å². The topological polar surface area (TPSA) is 91.1 Å². The summed E-state index contributed by atoms with van der Waals surface area (Å²) in [5.74, 6) is -0.833. The quantitative estimate of drug-likeness (QED) is 0.0766. The highest BCUT2D eigenvalue weighted by molar-refractivity contribution is 6.29. The summed E-state index contributed by atoms with van der Waals surface area (Å²) in [5, 5.41) is 11.1. The van der Waals surface area contributed by atoms with Crippen LogP contribution in [0.3, 0.4) is 0 Å². The fraction of sp³-hybridized carbons (Fsp3) is 0.400. The number of aliphatic carboxylic acids is 1. The Bertz CT molecular complexity index is 984. The predicted molar refractivity (Wildman–Crippen MR) is 159 cm³/mol. The molecule has 0 bridgehead atoms. The zero-order chi connectivity index (χ0) is 28.1. The third-order valence-corrected chi connectivity index (χ3v) is 5.49. The number of nitrogens with zero attached hydrogens (tertiary/aromatic N) is 2. The molecule has 1 saturated carbocycles. The number of hydrogen-bond acceptors (Lipinski definition) is 4. The van der Waals surface area contributed by atoms with Crippen molar-refractivity contribution in [3.8, 4) is 0 Å². The maximum absolute atomic E-state index is 11.6. The summed E-state index contributed by atoms with van der Waals surface area (Å²) in [5.41, 5.74) is 4.29. The van der Waals surface area contributed by atoms with Crippen LogP contribution in [0.2, 0.25) is 0 Å². The largest absolute Gasteiger partial charge is 0.481 e. The Morgan fingerprint density at radius 1 is 1.16 bits per heavy atom. The number of aliphatic imine (C=N–C) groups is 2. The van der Waals surface area contributed by atoms with E-state index in [9.17, 15) is 4.79 Å². The molecule has 0 aliphatic heterocycles. The van der Waals surface area contributed by atoms with Crippen LogP contribution in [0.25, 0.3) is 11.3 Å². The summed E-state index contributed by atoms with van der Waals surface area (Å²) >= 11 is 5.95. The Balaban J connectivity index is 0.00000196. The van der Waals surface area contributed by atoms with Crippen molar-refractivity contribution in [1.82, 2.24) is 5.32 Å². The van der Waals surface area contributed by atoms with Crippen LogP contribution in [0, 0.1) is 0 Å². The van der Waals surface area contributed by atoms with Gasteiger partial charge in [0.15, 0.2) is 0 Å². The maximum Gasteiger partial charge on any atom is 0.300 e. The Kier molecular flexibility index (Phi) is 19.1. The van der Waals surface area contributed by atoms with Gasteiger partial charge in [-0.2, -0.15) is 0 Å². The van der Waals surface area contributed by atoms with E-state index in [4.69, 9.17) is 21.5 Å². The first-order valence-electron chi connectivity index (χ1n) is 12.7. The van der Waals surface area contributed by atoms with Gasteiger partial charge in [0.25, 0.3) is 5.97 Å². The molecule has 1 fully saturated rings. The van der Waals surface area contributed by atoms with Crippen molar-refractivity contribution >= 4 is 47.7 Å². The summed E-state index contributed by atoms with van der Waals surface area (Å²) in [6.07, 6.45) is 15.1. The van der Waals surface area contributed by atoms with Gasteiger partial charge in [-0.3, -0.25) is 14.6 Å². The molecular formula is C30H42ClN3O3. The highest BCUT2D eigenvalue weighted by atomic mass is 35.5. The predicted octanol–water partition coefficient (Wildman–Crippen LogP) is 7.81. The number of nitrogens with one attached hydrogen (secondary N) is 1. The van der Waals surface area contributed by atoms with Gasteiger partial charge < -0.3 is 10.4 Å². The van der Waals surface area contributed by atoms with E-state index in [0.717, 1.165) is 54.9 Å². The van der Waals surface area contributed by atoms with Gasteiger partial charge in [-0.15, -0.1) is 0 Å². The van der Waals surface area contributed by atoms with Gasteiger partial charge in [0.1, 0.15) is 11.4 Å². The average Bonchev–Trinajstić information content (AvgIpc) is 2.90. The monoisotopic (exact) mass is 527 g/mol. The van der Waals surface area contributed by atoms with Crippen molar-refractivity contribution in [3.63, 3.8) is 0 Å². The lowest BCUT2D eigenvalue weighted by Gasteiger charge is -2.18. The SMILES string of the molecule is C=C/C=C(Cl)\N=C/CCC(=C)c1ccccc1/C(NC=NC1CCCCC1)=C(\C)C=O.CC.CC(=O)O. The second kappa shape index (κ2) is 20.9. The van der Waals surface area contributed by atoms with Gasteiger partial charge in [-0.1, -0.05) is 88.2 Å². The van der Waals surface area contributed by atoms with Crippen LogP contribution in [-0.2, 0) is 9.59 Å². The van der Waals surface area contributed by atoms with Crippen molar-refractivity contribution in [1.29, 1.82) is 0 Å². The standard InChI is InChI=1S/C26H32ClN3O.C2H4O2.C2H6/c1-4-11-25(27)28-17-10-12-20(2)23-15-8-9-16-24(23)26(21(3)18-31)30-19-29-22-13-6-5-7-14-22;1-2(3)4;1-2/h4,8-9,11,15-19,22H,1-2,5-7,10,12-14H2,3H3,(H,29,30);1H3,(H,3,4);1-2H3/b25-11-,26-21-,28-17-;;. The number of carbonyl (C=O) groups is 2. The number of rotatable bonds is 11. The van der Waals surface area contributed by atoms with Crippen LogP contribution in [-0.4, -0.2) is 36.0 Å². The van der Waals surface area contributed by atoms with Gasteiger partial charge in [-0.25, -0.2) is 4.99 Å². The second-order valence-electron chi connectivity index (χ2n) is 8.13. The number of carboxylic acids is 1. The Hall–Kier alpha value is -3.25. The molecule has 2 N–H and O–H groups in total. The van der Waals surface area contributed by atoms with Gasteiger partial charge in [0.05, 0.1) is 18.1 Å². The average molecular weight is 528 g/mol. The van der Waals surface area contributed by atoms with Crippen molar-refractivity contribution in [2.75, 3.05) is 0 Å². The maximum atomic E-state index is 11.6. The lowest BCUT2D eigenvalue weighted by Crippen LogP contribution is -2.17. The summed E-state index contributed by atoms with van der Waals surface area (Å²) < 4.78 is 0. The minimum Gasteiger partial charge on any atom is -0.481 e. The van der Waals surface area contributed by atoms with Crippen LogP contribution >= 0.6 is 11.6 Å². The van der Waals surface area contributed by atoms with Crippen LogP contribution < -0.4 is 5.32 Å². The number of carbonyl (C=O) groups excluding carboxylic acids is 1. The Morgan fingerprint density at radius 3 is 2.32 bits per heavy atom. The zero-order valence-electron chi connectivity index (χ0n) is 22.7. The summed E-state index contributed by atoms with van der Waals surface area (Å²) in [4.78, 5) is 29.4. The fourth-order valence-corrected chi connectivity index (χ4v) is 3.73. The molecule has 1 aromatic rings. The molecule has 1 aliphatic rings. The Morgan fingerprint density at radius 2 is 1.76 bits per heavy atom. The van der Waals surface area contributed by atoms with E-state index >= 15 is 0 Å². The third-order valence-electron chi connectivity index (χ3n) is 5.26. The Labute approximate surface area is 227 Å². The van der Waals surface area contributed by atoms with Crippen LogP contribution in [0.15, 0.2) is 70.3 Å². The van der Waals surface area contributed by atoms with E-state index in [1.807, 2.05) is 45.0 Å². The first-order chi connectivity index (χ1) is 17.8. The number of benzene rings is 1. The van der Waals surface area contributed by atoms with Gasteiger partial charge in [0, 0.05) is 24.3 Å². The number of hydrogen-bond donors (Lipinski definition) is 2. The van der Waals surface area contributed by atoms with E-state index in [2.05, 4.69) is 28.5 Å². The highest BCUT2D eigenvalue weighted by Crippen LogP contribution is 2.27. The first kappa shape index (κ1) is 33.8. The molecule has 0 unspecified atom stereocenters. The second-order valence-corrected chi connectivity index (χ2v) is 8.52. The van der Waals surface area contributed by atoms with Gasteiger partial charge in [-0.05, 0) is 49.8 Å². The molecule has 6 nitrogen and oxygen atoms in total. The molecule has 202 valence electrons. The molecule has 0 atom stereocenters. The number of halogens is 1. The molecular weight excluding hydrogens is 486 g/mol. The smallest absolute Gasteiger partial charge is 0.300 e. The minimum absolute atomic E-state index is 0.366. The molecule has 0 spiro atoms. The zero-order valence-corrected chi connectivity index (χ0v) is 23.4. The van der Waals surface area contributed by atoms with E-state index in [1.165, 1.54) is 19.3 Å². The number of carboxylic acid groups (broad SMARTS) is 1. The third kappa shape index (κ3) is 14.8. The molecule has 7 heteroatoms. The molecule has 0 saturated heterocycles. The fourth-order valence-electron chi connectivity index (χ4n) is 3.58. The van der Waals surface area contributed by atoms with E-state index in [1.54, 1.807) is 24.7 Å². The first-order valence-corrected chi connectivity index (χ1v) is 13.1. The van der Waals surface area contributed by atoms with Gasteiger partial charge >= 0.3 is 0 Å². The molecule has 1 aliphatic carbocycles. The molecule has 0 heterocycles. The van der Waals surface area contributed by atoms with Crippen molar-refractivity contribution in [2.24, 2.45) is 9.98 Å². The lowest BCUT2D eigenvalue weighted by molar-refractivity contribution is -0.134. The van der Waals surface area contributed by atoms with Crippen LogP contribution in [0.1, 0.15) is 83.8 Å². The van der Waals surface area contributed by atoms with E-state index < -0.39 is 5.97 Å². The molecule has 2 rings (SSSR count). The molecule has 37 heavy (non-hydrogen) atoms. The van der Waals surface area contributed by atoms with Crippen molar-refractivity contribution in [3.05, 3.63) is 71.4 Å². The van der Waals surface area contributed by atoms with E-state index in [-0.39, 0.29) is 0 Å². The van der Waals surface area contributed by atoms with Crippen LogP contribution in [0.4, 0.5) is 0 Å². The van der Waals surface area contributed by atoms with Crippen LogP contribution in [0.5, 0.6) is 0 Å². The van der Waals surface area contributed by atoms with Crippen molar-refractivity contribution in [2.45, 2.75) is 78.7 Å². The molecule has 0 radical (unpaired) electrons. The minimum atomic E-state index is -0.833. The number of aldehydes is 1.